The van der Waals surface area contributed by atoms with E-state index in [-0.39, 0.29) is 12.3 Å². The van der Waals surface area contributed by atoms with Gasteiger partial charge in [-0.3, -0.25) is 4.79 Å². The van der Waals surface area contributed by atoms with E-state index in [9.17, 15) is 4.79 Å². The summed E-state index contributed by atoms with van der Waals surface area (Å²) in [6, 6.07) is 13.8. The lowest BCUT2D eigenvalue weighted by atomic mass is 10.2. The first-order chi connectivity index (χ1) is 13.7. The van der Waals surface area contributed by atoms with Gasteiger partial charge in [-0.25, -0.2) is 9.97 Å². The number of pyridine rings is 1. The van der Waals surface area contributed by atoms with Crippen molar-refractivity contribution in [2.75, 3.05) is 0 Å². The highest BCUT2D eigenvalue weighted by Gasteiger charge is 2.10. The number of nitrogens with zero attached hydrogens (tertiary/aromatic N) is 3. The summed E-state index contributed by atoms with van der Waals surface area (Å²) in [7, 11) is 0. The van der Waals surface area contributed by atoms with E-state index in [0.717, 1.165) is 27.8 Å². The zero-order valence-corrected chi connectivity index (χ0v) is 16.3. The van der Waals surface area contributed by atoms with Crippen LogP contribution in [0.3, 0.4) is 0 Å². The SMILES string of the molecule is Cc1ccc(OCc2nc(CC(=O)NCc3ncc4ccccn34)cs2)cc1. The molecule has 0 spiro atoms. The molecule has 28 heavy (non-hydrogen) atoms. The monoisotopic (exact) mass is 392 g/mol. The molecule has 0 atom stereocenters. The van der Waals surface area contributed by atoms with Crippen molar-refractivity contribution in [3.63, 3.8) is 0 Å². The fourth-order valence-electron chi connectivity index (χ4n) is 2.81. The van der Waals surface area contributed by atoms with Gasteiger partial charge >= 0.3 is 0 Å². The molecule has 3 heterocycles. The van der Waals surface area contributed by atoms with E-state index in [0.29, 0.717) is 13.2 Å². The molecule has 3 aromatic heterocycles. The molecular weight excluding hydrogens is 372 g/mol. The Hall–Kier alpha value is -3.19. The van der Waals surface area contributed by atoms with Gasteiger partial charge in [-0.05, 0) is 31.2 Å². The van der Waals surface area contributed by atoms with E-state index in [1.54, 1.807) is 6.20 Å². The zero-order chi connectivity index (χ0) is 19.3. The molecule has 0 bridgehead atoms. The van der Waals surface area contributed by atoms with Crippen LogP contribution < -0.4 is 10.1 Å². The third kappa shape index (κ3) is 4.37. The Balaban J connectivity index is 1.28. The number of hydrogen-bond acceptors (Lipinski definition) is 5. The lowest BCUT2D eigenvalue weighted by Gasteiger charge is -2.04. The number of fused-ring (bicyclic) bond motifs is 1. The molecule has 0 saturated carbocycles. The first kappa shape index (κ1) is 18.2. The molecule has 0 aliphatic heterocycles. The molecule has 0 aliphatic carbocycles. The van der Waals surface area contributed by atoms with E-state index in [4.69, 9.17) is 4.74 Å². The third-order valence-corrected chi connectivity index (χ3v) is 5.15. The Bertz CT molecular complexity index is 1090. The van der Waals surface area contributed by atoms with Crippen molar-refractivity contribution >= 4 is 22.8 Å². The highest BCUT2D eigenvalue weighted by atomic mass is 32.1. The average Bonchev–Trinajstić information content (AvgIpc) is 3.33. The second-order valence-corrected chi connectivity index (χ2v) is 7.40. The van der Waals surface area contributed by atoms with Gasteiger partial charge in [0.15, 0.2) is 0 Å². The topological polar surface area (TPSA) is 68.5 Å². The average molecular weight is 392 g/mol. The van der Waals surface area contributed by atoms with Crippen LogP contribution in [-0.4, -0.2) is 20.3 Å². The van der Waals surface area contributed by atoms with Crippen LogP contribution >= 0.6 is 11.3 Å². The van der Waals surface area contributed by atoms with Gasteiger partial charge in [0.1, 0.15) is 23.2 Å². The Morgan fingerprint density at radius 2 is 2.07 bits per heavy atom. The molecule has 4 aromatic rings. The summed E-state index contributed by atoms with van der Waals surface area (Å²) in [5, 5.41) is 5.66. The van der Waals surface area contributed by atoms with E-state index in [2.05, 4.69) is 15.3 Å². The fraction of sp³-hybridized carbons (Fsp3) is 0.190. The zero-order valence-electron chi connectivity index (χ0n) is 15.5. The second-order valence-electron chi connectivity index (χ2n) is 6.46. The number of rotatable bonds is 7. The molecule has 1 amide bonds. The van der Waals surface area contributed by atoms with Crippen LogP contribution in [-0.2, 0) is 24.4 Å². The predicted molar refractivity (Wildman–Crippen MR) is 108 cm³/mol. The molecule has 1 aromatic carbocycles. The number of nitrogens with one attached hydrogen (secondary N) is 1. The molecule has 0 saturated heterocycles. The lowest BCUT2D eigenvalue weighted by Crippen LogP contribution is -2.25. The van der Waals surface area contributed by atoms with Crippen LogP contribution in [0.2, 0.25) is 0 Å². The first-order valence-corrected chi connectivity index (χ1v) is 9.86. The molecule has 1 N–H and O–H groups in total. The van der Waals surface area contributed by atoms with Crippen LogP contribution in [0.1, 0.15) is 22.1 Å². The van der Waals surface area contributed by atoms with E-state index in [1.165, 1.54) is 16.9 Å². The smallest absolute Gasteiger partial charge is 0.226 e. The fourth-order valence-corrected chi connectivity index (χ4v) is 3.52. The minimum Gasteiger partial charge on any atom is -0.486 e. The third-order valence-electron chi connectivity index (χ3n) is 4.28. The van der Waals surface area contributed by atoms with E-state index < -0.39 is 0 Å². The van der Waals surface area contributed by atoms with Crippen molar-refractivity contribution in [3.05, 3.63) is 82.3 Å². The summed E-state index contributed by atoms with van der Waals surface area (Å²) < 4.78 is 7.70. The molecule has 142 valence electrons. The van der Waals surface area contributed by atoms with Crippen molar-refractivity contribution in [3.8, 4) is 5.75 Å². The standard InChI is InChI=1S/C21H20N4O2S/c1-15-5-7-18(8-6-15)27-13-21-24-16(14-28-21)10-20(26)23-12-19-22-11-17-4-2-3-9-25(17)19/h2-9,11,14H,10,12-13H2,1H3,(H,23,26). The minimum absolute atomic E-state index is 0.0796. The van der Waals surface area contributed by atoms with Crippen LogP contribution in [0, 0.1) is 6.92 Å². The minimum atomic E-state index is -0.0796. The number of thiazole rings is 1. The maximum atomic E-state index is 12.2. The van der Waals surface area contributed by atoms with Crippen molar-refractivity contribution in [2.45, 2.75) is 26.5 Å². The van der Waals surface area contributed by atoms with Gasteiger partial charge in [0.2, 0.25) is 5.91 Å². The first-order valence-electron chi connectivity index (χ1n) is 8.98. The predicted octanol–water partition coefficient (Wildman–Crippen LogP) is 3.54. The van der Waals surface area contributed by atoms with Crippen LogP contribution in [0.4, 0.5) is 0 Å². The number of amides is 1. The van der Waals surface area contributed by atoms with Crippen molar-refractivity contribution < 1.29 is 9.53 Å². The van der Waals surface area contributed by atoms with Gasteiger partial charge in [-0.15, -0.1) is 11.3 Å². The highest BCUT2D eigenvalue weighted by molar-refractivity contribution is 7.09. The van der Waals surface area contributed by atoms with Crippen molar-refractivity contribution in [1.82, 2.24) is 19.7 Å². The number of aromatic nitrogens is 3. The van der Waals surface area contributed by atoms with Gasteiger partial charge < -0.3 is 14.5 Å². The van der Waals surface area contributed by atoms with Crippen LogP contribution in [0.15, 0.2) is 60.2 Å². The summed E-state index contributed by atoms with van der Waals surface area (Å²) >= 11 is 1.50. The highest BCUT2D eigenvalue weighted by Crippen LogP contribution is 2.16. The summed E-state index contributed by atoms with van der Waals surface area (Å²) in [4.78, 5) is 21.1. The van der Waals surface area contributed by atoms with Crippen molar-refractivity contribution in [1.29, 1.82) is 0 Å². The van der Waals surface area contributed by atoms with Gasteiger partial charge in [0.05, 0.1) is 30.4 Å². The van der Waals surface area contributed by atoms with Crippen LogP contribution in [0.25, 0.3) is 5.52 Å². The number of benzene rings is 1. The Morgan fingerprint density at radius 1 is 1.21 bits per heavy atom. The lowest BCUT2D eigenvalue weighted by molar-refractivity contribution is -0.120. The summed E-state index contributed by atoms with van der Waals surface area (Å²) in [5.41, 5.74) is 2.95. The Kier molecular flexibility index (Phi) is 5.34. The largest absolute Gasteiger partial charge is 0.486 e. The normalized spacial score (nSPS) is 10.9. The number of aryl methyl sites for hydroxylation is 1. The molecular formula is C21H20N4O2S. The number of hydrogen-bond donors (Lipinski definition) is 1. The second kappa shape index (κ2) is 8.22. The van der Waals surface area contributed by atoms with Crippen molar-refractivity contribution in [2.24, 2.45) is 0 Å². The van der Waals surface area contributed by atoms with E-state index in [1.807, 2.05) is 65.4 Å². The number of ether oxygens (including phenoxy) is 1. The van der Waals surface area contributed by atoms with Gasteiger partial charge in [-0.2, -0.15) is 0 Å². The molecule has 0 fully saturated rings. The summed E-state index contributed by atoms with van der Waals surface area (Å²) in [6.45, 7) is 2.82. The molecule has 0 unspecified atom stereocenters. The molecule has 7 heteroatoms. The van der Waals surface area contributed by atoms with E-state index >= 15 is 0 Å². The number of carbonyl (C=O) groups is 1. The molecule has 0 aliphatic rings. The van der Waals surface area contributed by atoms with Crippen LogP contribution in [0.5, 0.6) is 5.75 Å². The number of imidazole rings is 1. The molecule has 0 radical (unpaired) electrons. The molecule has 6 nitrogen and oxygen atoms in total. The quantitative estimate of drug-likeness (QED) is 0.522. The van der Waals surface area contributed by atoms with Gasteiger partial charge in [0.25, 0.3) is 0 Å². The maximum Gasteiger partial charge on any atom is 0.226 e. The van der Waals surface area contributed by atoms with Gasteiger partial charge in [-0.1, -0.05) is 23.8 Å². The summed E-state index contributed by atoms with van der Waals surface area (Å²) in [5.74, 6) is 1.53. The summed E-state index contributed by atoms with van der Waals surface area (Å²) in [6.07, 6.45) is 3.97. The van der Waals surface area contributed by atoms with Gasteiger partial charge in [0, 0.05) is 11.6 Å². The Labute approximate surface area is 166 Å². The Morgan fingerprint density at radius 3 is 2.93 bits per heavy atom. The maximum absolute atomic E-state index is 12.2. The number of carbonyl (C=O) groups excluding carboxylic acids is 1. The molecule has 4 rings (SSSR count).